The zero-order chi connectivity index (χ0) is 13.3. The molecule has 0 atom stereocenters. The number of hydrogen-bond donors (Lipinski definition) is 0. The Morgan fingerprint density at radius 1 is 1.33 bits per heavy atom. The molecule has 3 nitrogen and oxygen atoms in total. The molecule has 1 aliphatic rings. The third-order valence-corrected chi connectivity index (χ3v) is 3.97. The van der Waals surface area contributed by atoms with Crippen LogP contribution in [0.2, 0.25) is 5.02 Å². The van der Waals surface area contributed by atoms with E-state index in [2.05, 4.69) is 36.8 Å². The average molecular weight is 264 g/mol. The van der Waals surface area contributed by atoms with Gasteiger partial charge in [-0.1, -0.05) is 11.6 Å². The smallest absolute Gasteiger partial charge is 0.101 e. The summed E-state index contributed by atoms with van der Waals surface area (Å²) in [4.78, 5) is 4.60. The van der Waals surface area contributed by atoms with E-state index in [1.165, 1.54) is 0 Å². The standard InChI is InChI=1S/C14H18ClN3/c1-14(2)10-18(7-6-17(14)3)13-8-12(15)5-4-11(13)9-16/h4-5,8H,6-7,10H2,1-3H3. The number of piperazine rings is 1. The van der Waals surface area contributed by atoms with Gasteiger partial charge in [-0.15, -0.1) is 0 Å². The van der Waals surface area contributed by atoms with Crippen molar-refractivity contribution in [3.05, 3.63) is 28.8 Å². The average Bonchev–Trinajstić information content (AvgIpc) is 2.32. The Kier molecular flexibility index (Phi) is 3.52. The maximum absolute atomic E-state index is 9.19. The van der Waals surface area contributed by atoms with Gasteiger partial charge in [0.15, 0.2) is 0 Å². The summed E-state index contributed by atoms with van der Waals surface area (Å²) in [6.45, 7) is 7.25. The Bertz CT molecular complexity index is 490. The number of hydrogen-bond acceptors (Lipinski definition) is 3. The Balaban J connectivity index is 2.33. The molecule has 0 amide bonds. The summed E-state index contributed by atoms with van der Waals surface area (Å²) < 4.78 is 0. The minimum absolute atomic E-state index is 0.104. The molecule has 1 fully saturated rings. The summed E-state index contributed by atoms with van der Waals surface area (Å²) in [5.41, 5.74) is 1.75. The molecule has 0 aliphatic carbocycles. The molecule has 2 rings (SSSR count). The van der Waals surface area contributed by atoms with Crippen LogP contribution in [0.5, 0.6) is 0 Å². The highest BCUT2D eigenvalue weighted by atomic mass is 35.5. The first kappa shape index (κ1) is 13.2. The van der Waals surface area contributed by atoms with E-state index >= 15 is 0 Å². The minimum Gasteiger partial charge on any atom is -0.367 e. The lowest BCUT2D eigenvalue weighted by Crippen LogP contribution is -2.57. The van der Waals surface area contributed by atoms with Gasteiger partial charge < -0.3 is 4.90 Å². The largest absolute Gasteiger partial charge is 0.367 e. The minimum atomic E-state index is 0.104. The first-order chi connectivity index (χ1) is 8.44. The molecule has 0 unspecified atom stereocenters. The van der Waals surface area contributed by atoms with Crippen LogP contribution < -0.4 is 4.90 Å². The molecule has 0 radical (unpaired) electrons. The molecule has 96 valence electrons. The fourth-order valence-electron chi connectivity index (χ4n) is 2.31. The summed E-state index contributed by atoms with van der Waals surface area (Å²) in [5, 5.41) is 9.87. The quantitative estimate of drug-likeness (QED) is 0.781. The normalized spacial score (nSPS) is 19.6. The molecule has 1 aliphatic heterocycles. The van der Waals surface area contributed by atoms with E-state index < -0.39 is 0 Å². The molecule has 0 saturated carbocycles. The Morgan fingerprint density at radius 2 is 2.06 bits per heavy atom. The molecule has 0 bridgehead atoms. The van der Waals surface area contributed by atoms with Crippen molar-refractivity contribution in [1.29, 1.82) is 5.26 Å². The fraction of sp³-hybridized carbons (Fsp3) is 0.500. The van der Waals surface area contributed by atoms with Crippen LogP contribution in [0, 0.1) is 11.3 Å². The fourth-order valence-corrected chi connectivity index (χ4v) is 2.47. The zero-order valence-corrected chi connectivity index (χ0v) is 11.8. The lowest BCUT2D eigenvalue weighted by molar-refractivity contribution is 0.139. The van der Waals surface area contributed by atoms with Gasteiger partial charge in [0.2, 0.25) is 0 Å². The van der Waals surface area contributed by atoms with Gasteiger partial charge in [0.05, 0.1) is 11.3 Å². The number of nitriles is 1. The first-order valence-electron chi connectivity index (χ1n) is 6.10. The number of benzene rings is 1. The summed E-state index contributed by atoms with van der Waals surface area (Å²) in [6, 6.07) is 7.70. The SMILES string of the molecule is CN1CCN(c2cc(Cl)ccc2C#N)CC1(C)C. The molecule has 18 heavy (non-hydrogen) atoms. The highest BCUT2D eigenvalue weighted by Crippen LogP contribution is 2.29. The van der Waals surface area contributed by atoms with Gasteiger partial charge in [0.1, 0.15) is 6.07 Å². The molecular weight excluding hydrogens is 246 g/mol. The number of halogens is 1. The number of anilines is 1. The van der Waals surface area contributed by atoms with Crippen molar-refractivity contribution in [2.75, 3.05) is 31.6 Å². The van der Waals surface area contributed by atoms with Crippen LogP contribution in [0.1, 0.15) is 19.4 Å². The lowest BCUT2D eigenvalue weighted by Gasteiger charge is -2.46. The predicted molar refractivity (Wildman–Crippen MR) is 75.1 cm³/mol. The van der Waals surface area contributed by atoms with Crippen LogP contribution in [-0.2, 0) is 0 Å². The van der Waals surface area contributed by atoms with Crippen LogP contribution >= 0.6 is 11.6 Å². The predicted octanol–water partition coefficient (Wildman–Crippen LogP) is 2.74. The number of nitrogens with zero attached hydrogens (tertiary/aromatic N) is 3. The van der Waals surface area contributed by atoms with Crippen molar-refractivity contribution in [2.24, 2.45) is 0 Å². The van der Waals surface area contributed by atoms with Crippen molar-refractivity contribution in [3.63, 3.8) is 0 Å². The van der Waals surface area contributed by atoms with Gasteiger partial charge >= 0.3 is 0 Å². The number of likely N-dealkylation sites (N-methyl/N-ethyl adjacent to an activating group) is 1. The Hall–Kier alpha value is -1.24. The molecule has 0 aromatic heterocycles. The molecule has 1 aromatic carbocycles. The van der Waals surface area contributed by atoms with E-state index in [4.69, 9.17) is 11.6 Å². The topological polar surface area (TPSA) is 30.3 Å². The van der Waals surface area contributed by atoms with Crippen molar-refractivity contribution in [3.8, 4) is 6.07 Å². The maximum Gasteiger partial charge on any atom is 0.101 e. The molecule has 1 heterocycles. The van der Waals surface area contributed by atoms with Gasteiger partial charge in [-0.3, -0.25) is 4.90 Å². The number of rotatable bonds is 1. The molecule has 1 aromatic rings. The van der Waals surface area contributed by atoms with Crippen LogP contribution in [-0.4, -0.2) is 37.1 Å². The van der Waals surface area contributed by atoms with Crippen molar-refractivity contribution < 1.29 is 0 Å². The zero-order valence-electron chi connectivity index (χ0n) is 11.1. The molecule has 1 saturated heterocycles. The Labute approximate surface area is 114 Å². The molecule has 0 N–H and O–H groups in total. The Morgan fingerprint density at radius 3 is 2.67 bits per heavy atom. The molecular formula is C14H18ClN3. The van der Waals surface area contributed by atoms with Gasteiger partial charge in [0, 0.05) is 30.2 Å². The van der Waals surface area contributed by atoms with Gasteiger partial charge in [-0.2, -0.15) is 5.26 Å². The summed E-state index contributed by atoms with van der Waals surface area (Å²) in [5.74, 6) is 0. The molecule has 4 heteroatoms. The van der Waals surface area contributed by atoms with E-state index in [1.54, 1.807) is 12.1 Å². The van der Waals surface area contributed by atoms with Crippen molar-refractivity contribution in [2.45, 2.75) is 19.4 Å². The second-order valence-electron chi connectivity index (χ2n) is 5.43. The van der Waals surface area contributed by atoms with E-state index in [-0.39, 0.29) is 5.54 Å². The highest BCUT2D eigenvalue weighted by molar-refractivity contribution is 6.30. The summed E-state index contributed by atoms with van der Waals surface area (Å²) >= 11 is 6.05. The van der Waals surface area contributed by atoms with E-state index in [0.29, 0.717) is 10.6 Å². The highest BCUT2D eigenvalue weighted by Gasteiger charge is 2.31. The van der Waals surface area contributed by atoms with Crippen LogP contribution in [0.15, 0.2) is 18.2 Å². The summed E-state index contributed by atoms with van der Waals surface area (Å²) in [6.07, 6.45) is 0. The van der Waals surface area contributed by atoms with E-state index in [1.807, 2.05) is 6.07 Å². The van der Waals surface area contributed by atoms with E-state index in [0.717, 1.165) is 25.3 Å². The second kappa shape index (κ2) is 4.79. The van der Waals surface area contributed by atoms with Gasteiger partial charge in [-0.05, 0) is 39.1 Å². The monoisotopic (exact) mass is 263 g/mol. The van der Waals surface area contributed by atoms with Gasteiger partial charge in [0.25, 0.3) is 0 Å². The van der Waals surface area contributed by atoms with E-state index in [9.17, 15) is 5.26 Å². The van der Waals surface area contributed by atoms with Crippen LogP contribution in [0.3, 0.4) is 0 Å². The van der Waals surface area contributed by atoms with Crippen LogP contribution in [0.4, 0.5) is 5.69 Å². The maximum atomic E-state index is 9.19. The summed E-state index contributed by atoms with van der Waals surface area (Å²) in [7, 11) is 2.14. The first-order valence-corrected chi connectivity index (χ1v) is 6.48. The second-order valence-corrected chi connectivity index (χ2v) is 5.87. The van der Waals surface area contributed by atoms with Crippen LogP contribution in [0.25, 0.3) is 0 Å². The van der Waals surface area contributed by atoms with Crippen molar-refractivity contribution in [1.82, 2.24) is 4.90 Å². The van der Waals surface area contributed by atoms with Crippen molar-refractivity contribution >= 4 is 17.3 Å². The van der Waals surface area contributed by atoms with Gasteiger partial charge in [-0.25, -0.2) is 0 Å². The molecule has 0 spiro atoms. The lowest BCUT2D eigenvalue weighted by atomic mass is 9.98. The third-order valence-electron chi connectivity index (χ3n) is 3.74. The third kappa shape index (κ3) is 2.45.